The molecule has 246 valence electrons. The Morgan fingerprint density at radius 3 is 2.70 bits per heavy atom. The number of phenolic OH excluding ortho intramolecular Hbond substituents is 1. The van der Waals surface area contributed by atoms with Gasteiger partial charge < -0.3 is 30.4 Å². The molecular weight excluding hydrogens is 594 g/mol. The van der Waals surface area contributed by atoms with E-state index in [1.54, 1.807) is 22.9 Å². The lowest BCUT2D eigenvalue weighted by Gasteiger charge is -2.38. The van der Waals surface area contributed by atoms with E-state index in [1.807, 2.05) is 39.5 Å². The quantitative estimate of drug-likeness (QED) is 0.156. The first-order chi connectivity index (χ1) is 22.8. The van der Waals surface area contributed by atoms with Crippen molar-refractivity contribution in [2.45, 2.75) is 32.7 Å². The minimum atomic E-state index is -0.259. The van der Waals surface area contributed by atoms with Crippen molar-refractivity contribution >= 4 is 28.4 Å². The van der Waals surface area contributed by atoms with Crippen LogP contribution in [0.15, 0.2) is 61.1 Å². The lowest BCUT2D eigenvalue weighted by molar-refractivity contribution is 0.0872. The average molecular weight is 638 g/mol. The fourth-order valence-electron chi connectivity index (χ4n) is 6.21. The maximum absolute atomic E-state index is 13.0. The van der Waals surface area contributed by atoms with Gasteiger partial charge in [0.15, 0.2) is 0 Å². The highest BCUT2D eigenvalue weighted by molar-refractivity contribution is 5.97. The van der Waals surface area contributed by atoms with Crippen LogP contribution in [0.2, 0.25) is 0 Å². The number of piperazine rings is 1. The SMILES string of the molecule is CCOc1nn(C)cc1Nc1ncc(C)c(-c2c[nH]c3c(CC[C@H](CNC(=O)c4ccccc4O)N4CCN(C)CC4)cccc23)n1. The van der Waals surface area contributed by atoms with E-state index < -0.39 is 0 Å². The fourth-order valence-corrected chi connectivity index (χ4v) is 6.21. The van der Waals surface area contributed by atoms with Gasteiger partial charge in [0.25, 0.3) is 11.8 Å². The number of amides is 1. The number of hydrogen-bond donors (Lipinski definition) is 4. The number of benzene rings is 2. The first-order valence-electron chi connectivity index (χ1n) is 16.2. The number of aryl methyl sites for hydroxylation is 3. The van der Waals surface area contributed by atoms with Crippen molar-refractivity contribution in [3.05, 3.63) is 77.7 Å². The normalized spacial score (nSPS) is 14.7. The van der Waals surface area contributed by atoms with Gasteiger partial charge in [-0.15, -0.1) is 5.10 Å². The third-order valence-corrected chi connectivity index (χ3v) is 8.80. The second-order valence-corrected chi connectivity index (χ2v) is 12.1. The molecule has 1 amide bonds. The van der Waals surface area contributed by atoms with Crippen molar-refractivity contribution in [2.75, 3.05) is 51.7 Å². The van der Waals surface area contributed by atoms with E-state index in [-0.39, 0.29) is 17.7 Å². The number of rotatable bonds is 12. The molecule has 2 aromatic carbocycles. The highest BCUT2D eigenvalue weighted by atomic mass is 16.5. The van der Waals surface area contributed by atoms with Gasteiger partial charge in [0, 0.05) is 74.7 Å². The molecule has 0 saturated carbocycles. The lowest BCUT2D eigenvalue weighted by atomic mass is 9.99. The minimum Gasteiger partial charge on any atom is -0.507 e. The topological polar surface area (TPSA) is 136 Å². The van der Waals surface area contributed by atoms with Gasteiger partial charge in [0.2, 0.25) is 5.95 Å². The number of carbonyl (C=O) groups is 1. The van der Waals surface area contributed by atoms with Crippen LogP contribution in [0, 0.1) is 6.92 Å². The molecule has 47 heavy (non-hydrogen) atoms. The van der Waals surface area contributed by atoms with E-state index in [1.165, 1.54) is 11.6 Å². The number of H-pyrrole nitrogens is 1. The second kappa shape index (κ2) is 14.2. The Bertz CT molecular complexity index is 1840. The highest BCUT2D eigenvalue weighted by Gasteiger charge is 2.24. The van der Waals surface area contributed by atoms with E-state index in [2.05, 4.69) is 60.7 Å². The fraction of sp³-hybridized carbons (Fsp3) is 0.371. The number of likely N-dealkylation sites (N-methyl/N-ethyl adjacent to an activating group) is 1. The van der Waals surface area contributed by atoms with Crippen LogP contribution in [-0.4, -0.2) is 98.0 Å². The number of hydrogen-bond acceptors (Lipinski definition) is 9. The van der Waals surface area contributed by atoms with E-state index in [4.69, 9.17) is 9.72 Å². The van der Waals surface area contributed by atoms with Crippen molar-refractivity contribution in [1.82, 2.24) is 39.8 Å². The molecule has 0 bridgehead atoms. The van der Waals surface area contributed by atoms with Crippen LogP contribution in [0.3, 0.4) is 0 Å². The largest absolute Gasteiger partial charge is 0.507 e. The van der Waals surface area contributed by atoms with Crippen LogP contribution in [-0.2, 0) is 13.5 Å². The predicted molar refractivity (Wildman–Crippen MR) is 183 cm³/mol. The van der Waals surface area contributed by atoms with Gasteiger partial charge >= 0.3 is 0 Å². The Balaban J connectivity index is 1.21. The molecule has 0 aliphatic carbocycles. The predicted octanol–water partition coefficient (Wildman–Crippen LogP) is 4.49. The molecule has 0 spiro atoms. The summed E-state index contributed by atoms with van der Waals surface area (Å²) in [5.41, 5.74) is 6.10. The van der Waals surface area contributed by atoms with Crippen LogP contribution in [0.5, 0.6) is 11.6 Å². The molecule has 0 unspecified atom stereocenters. The Hall–Kier alpha value is -4.94. The molecule has 1 saturated heterocycles. The average Bonchev–Trinajstić information content (AvgIpc) is 3.65. The smallest absolute Gasteiger partial charge is 0.256 e. The molecule has 1 aliphatic heterocycles. The summed E-state index contributed by atoms with van der Waals surface area (Å²) >= 11 is 0. The van der Waals surface area contributed by atoms with Crippen molar-refractivity contribution in [3.63, 3.8) is 0 Å². The molecule has 1 atom stereocenters. The monoisotopic (exact) mass is 637 g/mol. The van der Waals surface area contributed by atoms with Crippen LogP contribution < -0.4 is 15.4 Å². The van der Waals surface area contributed by atoms with Crippen LogP contribution in [0.25, 0.3) is 22.2 Å². The van der Waals surface area contributed by atoms with Gasteiger partial charge in [-0.05, 0) is 57.0 Å². The molecule has 1 aliphatic rings. The van der Waals surface area contributed by atoms with Gasteiger partial charge in [0.1, 0.15) is 11.4 Å². The maximum atomic E-state index is 13.0. The molecular formula is C35H43N9O3. The van der Waals surface area contributed by atoms with Crippen molar-refractivity contribution in [1.29, 1.82) is 0 Å². The molecule has 6 rings (SSSR count). The number of nitrogens with zero attached hydrogens (tertiary/aromatic N) is 6. The second-order valence-electron chi connectivity index (χ2n) is 12.1. The molecule has 4 N–H and O–H groups in total. The first kappa shape index (κ1) is 32.0. The number of aromatic hydroxyl groups is 1. The number of carbonyl (C=O) groups excluding carboxylic acids is 1. The van der Waals surface area contributed by atoms with Crippen LogP contribution in [0.1, 0.15) is 34.8 Å². The number of fused-ring (bicyclic) bond motifs is 1. The zero-order valence-electron chi connectivity index (χ0n) is 27.5. The number of anilines is 2. The van der Waals surface area contributed by atoms with Crippen molar-refractivity contribution in [2.24, 2.45) is 7.05 Å². The van der Waals surface area contributed by atoms with E-state index in [0.717, 1.165) is 66.7 Å². The number of ether oxygens (including phenoxy) is 1. The molecule has 12 nitrogen and oxygen atoms in total. The molecule has 3 aromatic heterocycles. The third kappa shape index (κ3) is 7.23. The van der Waals surface area contributed by atoms with Crippen LogP contribution >= 0.6 is 0 Å². The summed E-state index contributed by atoms with van der Waals surface area (Å²) in [7, 11) is 3.99. The molecule has 5 aromatic rings. The van der Waals surface area contributed by atoms with Gasteiger partial charge in [-0.2, -0.15) is 0 Å². The van der Waals surface area contributed by atoms with E-state index in [0.29, 0.717) is 36.2 Å². The van der Waals surface area contributed by atoms with Crippen LogP contribution in [0.4, 0.5) is 11.6 Å². The molecule has 1 fully saturated rings. The zero-order chi connectivity index (χ0) is 32.9. The van der Waals surface area contributed by atoms with Gasteiger partial charge in [-0.25, -0.2) is 9.97 Å². The molecule has 12 heteroatoms. The van der Waals surface area contributed by atoms with Crippen molar-refractivity contribution < 1.29 is 14.6 Å². The Morgan fingerprint density at radius 1 is 1.11 bits per heavy atom. The van der Waals surface area contributed by atoms with Gasteiger partial charge in [-0.1, -0.05) is 30.3 Å². The third-order valence-electron chi connectivity index (χ3n) is 8.80. The molecule has 0 radical (unpaired) electrons. The van der Waals surface area contributed by atoms with Gasteiger partial charge in [-0.3, -0.25) is 14.4 Å². The zero-order valence-corrected chi connectivity index (χ0v) is 27.5. The molecule has 4 heterocycles. The van der Waals surface area contributed by atoms with Crippen molar-refractivity contribution in [3.8, 4) is 22.9 Å². The van der Waals surface area contributed by atoms with E-state index >= 15 is 0 Å². The summed E-state index contributed by atoms with van der Waals surface area (Å²) in [4.78, 5) is 30.7. The number of para-hydroxylation sites is 2. The Kier molecular flexibility index (Phi) is 9.69. The van der Waals surface area contributed by atoms with Gasteiger partial charge in [0.05, 0.1) is 24.1 Å². The highest BCUT2D eigenvalue weighted by Crippen LogP contribution is 2.33. The summed E-state index contributed by atoms with van der Waals surface area (Å²) < 4.78 is 7.37. The Morgan fingerprint density at radius 2 is 1.91 bits per heavy atom. The summed E-state index contributed by atoms with van der Waals surface area (Å²) in [5, 5.41) is 22.0. The minimum absolute atomic E-state index is 0.00969. The lowest BCUT2D eigenvalue weighted by Crippen LogP contribution is -2.52. The number of phenols is 1. The van der Waals surface area contributed by atoms with E-state index in [9.17, 15) is 9.90 Å². The standard InChI is InChI=1S/C35H43N9O3/c1-5-47-34-29(22-43(4)41-34)39-35-38-19-23(2)31(40-35)28-21-36-32-24(9-8-11-26(28)32)13-14-25(44-17-15-42(3)16-18-44)20-37-33(46)27-10-6-7-12-30(27)45/h6-12,19,21-22,25,36,45H,5,13-18,20H2,1-4H3,(H,37,46)(H,38,39,40)/t25-/m1/s1. The summed E-state index contributed by atoms with van der Waals surface area (Å²) in [6.07, 6.45) is 7.39. The number of aromatic nitrogens is 5. The summed E-state index contributed by atoms with van der Waals surface area (Å²) in [5.74, 6) is 0.700. The first-order valence-corrected chi connectivity index (χ1v) is 16.2. The number of aromatic amines is 1. The number of nitrogens with one attached hydrogen (secondary N) is 3. The summed E-state index contributed by atoms with van der Waals surface area (Å²) in [6.45, 7) is 8.81. The Labute approximate surface area is 274 Å². The maximum Gasteiger partial charge on any atom is 0.256 e. The summed E-state index contributed by atoms with van der Waals surface area (Å²) in [6, 6.07) is 13.2.